The normalized spacial score (nSPS) is 15.3. The summed E-state index contributed by atoms with van der Waals surface area (Å²) in [5, 5.41) is 2.58. The highest BCUT2D eigenvalue weighted by atomic mass is 16.5. The van der Waals surface area contributed by atoms with E-state index in [1.807, 2.05) is 26.0 Å². The molecule has 0 saturated heterocycles. The van der Waals surface area contributed by atoms with Crippen molar-refractivity contribution in [2.45, 2.75) is 52.0 Å². The van der Waals surface area contributed by atoms with Crippen LogP contribution in [0.15, 0.2) is 18.2 Å². The van der Waals surface area contributed by atoms with Gasteiger partial charge < -0.3 is 14.8 Å². The zero-order valence-corrected chi connectivity index (χ0v) is 15.7. The van der Waals surface area contributed by atoms with Crippen LogP contribution in [-0.4, -0.2) is 37.6 Å². The molecule has 0 radical (unpaired) electrons. The van der Waals surface area contributed by atoms with E-state index in [0.29, 0.717) is 12.0 Å². The molecule has 1 amide bonds. The second-order valence-electron chi connectivity index (χ2n) is 6.72. The first kappa shape index (κ1) is 19.9. The van der Waals surface area contributed by atoms with Crippen LogP contribution in [0.3, 0.4) is 0 Å². The zero-order chi connectivity index (χ0) is 19.1. The van der Waals surface area contributed by atoms with Crippen molar-refractivity contribution in [2.75, 3.05) is 13.7 Å². The number of fused-ring (bicyclic) bond motifs is 1. The summed E-state index contributed by atoms with van der Waals surface area (Å²) in [6, 6.07) is 4.80. The summed E-state index contributed by atoms with van der Waals surface area (Å²) in [5.41, 5.74) is 2.91. The largest absolute Gasteiger partial charge is 0.467 e. The van der Waals surface area contributed by atoms with Crippen molar-refractivity contribution < 1.29 is 23.9 Å². The average molecular weight is 361 g/mol. The van der Waals surface area contributed by atoms with E-state index in [9.17, 15) is 14.4 Å². The van der Waals surface area contributed by atoms with Gasteiger partial charge in [-0.05, 0) is 54.9 Å². The fourth-order valence-electron chi connectivity index (χ4n) is 3.09. The van der Waals surface area contributed by atoms with Crippen LogP contribution in [0.1, 0.15) is 54.6 Å². The molecule has 0 fully saturated rings. The monoisotopic (exact) mass is 361 g/mol. The Bertz CT molecular complexity index is 670. The molecule has 26 heavy (non-hydrogen) atoms. The average Bonchev–Trinajstić information content (AvgIpc) is 2.68. The Labute approximate surface area is 154 Å². The van der Waals surface area contributed by atoms with Crippen LogP contribution in [0.5, 0.6) is 0 Å². The molecule has 0 heterocycles. The number of methoxy groups -OCH3 is 1. The minimum Gasteiger partial charge on any atom is -0.467 e. The van der Waals surface area contributed by atoms with E-state index in [0.717, 1.165) is 19.3 Å². The number of amides is 1. The third-order valence-corrected chi connectivity index (χ3v) is 4.90. The first-order valence-electron chi connectivity index (χ1n) is 9.12. The summed E-state index contributed by atoms with van der Waals surface area (Å²) in [6.45, 7) is 3.34. The summed E-state index contributed by atoms with van der Waals surface area (Å²) in [7, 11) is 1.28. The zero-order valence-electron chi connectivity index (χ0n) is 15.7. The maximum atomic E-state index is 12.2. The molecule has 2 atom stereocenters. The van der Waals surface area contributed by atoms with E-state index in [-0.39, 0.29) is 5.92 Å². The number of carbonyl (C=O) groups excluding carboxylic acids is 3. The van der Waals surface area contributed by atoms with E-state index >= 15 is 0 Å². The van der Waals surface area contributed by atoms with Gasteiger partial charge >= 0.3 is 11.9 Å². The van der Waals surface area contributed by atoms with E-state index in [1.54, 1.807) is 6.07 Å². The van der Waals surface area contributed by atoms with E-state index in [4.69, 9.17) is 9.47 Å². The first-order chi connectivity index (χ1) is 12.5. The number of hydrogen-bond donors (Lipinski definition) is 1. The van der Waals surface area contributed by atoms with Gasteiger partial charge in [0.15, 0.2) is 6.61 Å². The molecule has 2 rings (SSSR count). The quantitative estimate of drug-likeness (QED) is 0.754. The lowest BCUT2D eigenvalue weighted by atomic mass is 9.90. The van der Waals surface area contributed by atoms with Crippen molar-refractivity contribution in [3.63, 3.8) is 0 Å². The van der Waals surface area contributed by atoms with Crippen molar-refractivity contribution >= 4 is 17.8 Å². The van der Waals surface area contributed by atoms with Gasteiger partial charge in [0.05, 0.1) is 12.7 Å². The van der Waals surface area contributed by atoms with Gasteiger partial charge in [-0.25, -0.2) is 9.59 Å². The molecule has 0 aromatic heterocycles. The molecule has 1 aliphatic rings. The van der Waals surface area contributed by atoms with Gasteiger partial charge in [-0.15, -0.1) is 0 Å². The minimum absolute atomic E-state index is 0.0808. The number of aryl methyl sites for hydroxylation is 2. The van der Waals surface area contributed by atoms with E-state index < -0.39 is 30.5 Å². The van der Waals surface area contributed by atoms with Gasteiger partial charge in [-0.1, -0.05) is 26.3 Å². The SMILES string of the molecule is CC[C@@H](C)[C@@H](NC(=O)COC(=O)c1ccc2c(c1)CCCC2)C(=O)OC. The second kappa shape index (κ2) is 9.36. The first-order valence-corrected chi connectivity index (χ1v) is 9.12. The van der Waals surface area contributed by atoms with E-state index in [2.05, 4.69) is 5.32 Å². The van der Waals surface area contributed by atoms with Crippen LogP contribution in [0.25, 0.3) is 0 Å². The van der Waals surface area contributed by atoms with E-state index in [1.165, 1.54) is 24.7 Å². The molecule has 1 aromatic rings. The predicted octanol–water partition coefficient (Wildman–Crippen LogP) is 2.43. The maximum Gasteiger partial charge on any atom is 0.338 e. The van der Waals surface area contributed by atoms with Gasteiger partial charge in [0.2, 0.25) is 0 Å². The summed E-state index contributed by atoms with van der Waals surface area (Å²) >= 11 is 0. The Morgan fingerprint density at radius 1 is 1.15 bits per heavy atom. The molecule has 6 nitrogen and oxygen atoms in total. The molecular weight excluding hydrogens is 334 g/mol. The van der Waals surface area contributed by atoms with Gasteiger partial charge in [0.25, 0.3) is 5.91 Å². The predicted molar refractivity (Wildman–Crippen MR) is 96.8 cm³/mol. The van der Waals surface area contributed by atoms with Gasteiger partial charge in [-0.2, -0.15) is 0 Å². The Morgan fingerprint density at radius 3 is 2.50 bits per heavy atom. The Hall–Kier alpha value is -2.37. The smallest absolute Gasteiger partial charge is 0.338 e. The number of hydrogen-bond acceptors (Lipinski definition) is 5. The minimum atomic E-state index is -0.750. The van der Waals surface area contributed by atoms with Gasteiger partial charge in [-0.3, -0.25) is 4.79 Å². The summed E-state index contributed by atoms with van der Waals surface area (Å²) in [6.07, 6.45) is 5.01. The Balaban J connectivity index is 1.91. The molecule has 0 unspecified atom stereocenters. The molecule has 0 bridgehead atoms. The maximum absolute atomic E-state index is 12.2. The molecular formula is C20H27NO5. The van der Waals surface area contributed by atoms with Gasteiger partial charge in [0, 0.05) is 0 Å². The molecule has 1 aliphatic carbocycles. The fourth-order valence-corrected chi connectivity index (χ4v) is 3.09. The Kier molecular flexibility index (Phi) is 7.18. The van der Waals surface area contributed by atoms with Crippen molar-refractivity contribution in [1.29, 1.82) is 0 Å². The Morgan fingerprint density at radius 2 is 1.85 bits per heavy atom. The molecule has 1 aromatic carbocycles. The highest BCUT2D eigenvalue weighted by molar-refractivity contribution is 5.92. The number of rotatable bonds is 7. The summed E-state index contributed by atoms with van der Waals surface area (Å²) < 4.78 is 9.83. The van der Waals surface area contributed by atoms with Crippen molar-refractivity contribution in [2.24, 2.45) is 5.92 Å². The lowest BCUT2D eigenvalue weighted by Gasteiger charge is -2.21. The van der Waals surface area contributed by atoms with Crippen LogP contribution in [0.4, 0.5) is 0 Å². The second-order valence-corrected chi connectivity index (χ2v) is 6.72. The number of nitrogens with one attached hydrogen (secondary N) is 1. The number of carbonyl (C=O) groups is 3. The molecule has 0 spiro atoms. The number of ether oxygens (including phenoxy) is 2. The van der Waals surface area contributed by atoms with Crippen LogP contribution in [0.2, 0.25) is 0 Å². The van der Waals surface area contributed by atoms with Crippen LogP contribution in [-0.2, 0) is 31.9 Å². The third kappa shape index (κ3) is 5.07. The van der Waals surface area contributed by atoms with Crippen molar-refractivity contribution in [3.8, 4) is 0 Å². The number of esters is 2. The van der Waals surface area contributed by atoms with Crippen LogP contribution >= 0.6 is 0 Å². The molecule has 6 heteroatoms. The van der Waals surface area contributed by atoms with Crippen LogP contribution < -0.4 is 5.32 Å². The molecule has 0 aliphatic heterocycles. The van der Waals surface area contributed by atoms with Crippen molar-refractivity contribution in [1.82, 2.24) is 5.32 Å². The lowest BCUT2D eigenvalue weighted by molar-refractivity contribution is -0.147. The standard InChI is InChI=1S/C20H27NO5/c1-4-13(2)18(20(24)25-3)21-17(22)12-26-19(23)16-10-9-14-7-5-6-8-15(14)11-16/h9-11,13,18H,4-8,12H2,1-3H3,(H,21,22)/t13-,18-/m1/s1. The number of benzene rings is 1. The van der Waals surface area contributed by atoms with Crippen molar-refractivity contribution in [3.05, 3.63) is 34.9 Å². The summed E-state index contributed by atoms with van der Waals surface area (Å²) in [4.78, 5) is 36.1. The fraction of sp³-hybridized carbons (Fsp3) is 0.550. The highest BCUT2D eigenvalue weighted by Gasteiger charge is 2.27. The van der Waals surface area contributed by atoms with Crippen LogP contribution in [0, 0.1) is 5.92 Å². The third-order valence-electron chi connectivity index (χ3n) is 4.90. The molecule has 1 N–H and O–H groups in total. The highest BCUT2D eigenvalue weighted by Crippen LogP contribution is 2.22. The van der Waals surface area contributed by atoms with Gasteiger partial charge in [0.1, 0.15) is 6.04 Å². The summed E-state index contributed by atoms with van der Waals surface area (Å²) in [5.74, 6) is -1.64. The molecule has 142 valence electrons. The topological polar surface area (TPSA) is 81.7 Å². The molecule has 0 saturated carbocycles. The lowest BCUT2D eigenvalue weighted by Crippen LogP contribution is -2.47.